The molecule has 0 saturated carbocycles. The number of hydrogen-bond donors (Lipinski definition) is 3. The van der Waals surface area contributed by atoms with Crippen LogP contribution < -0.4 is 10.1 Å². The van der Waals surface area contributed by atoms with Gasteiger partial charge >= 0.3 is 18.0 Å². The highest BCUT2D eigenvalue weighted by Crippen LogP contribution is 2.24. The van der Waals surface area contributed by atoms with Gasteiger partial charge in [-0.05, 0) is 52.6 Å². The molecule has 0 atom stereocenters. The molecule has 0 aliphatic rings. The molecular weight excluding hydrogens is 437 g/mol. The van der Waals surface area contributed by atoms with E-state index in [9.17, 15) is 4.79 Å². The molecule has 0 aliphatic heterocycles. The highest BCUT2D eigenvalue weighted by Gasteiger charge is 2.16. The molecule has 0 aromatic heterocycles. The minimum absolute atomic E-state index is 0.0438. The number of rotatable bonds is 9. The summed E-state index contributed by atoms with van der Waals surface area (Å²) in [6, 6.07) is 5.19. The summed E-state index contributed by atoms with van der Waals surface area (Å²) in [6.45, 7) is 6.57. The number of carbonyl (C=O) groups excluding carboxylic acids is 1. The minimum Gasteiger partial charge on any atom is -0.493 e. The van der Waals surface area contributed by atoms with Crippen LogP contribution in [0, 0.1) is 0 Å². The third-order valence-electron chi connectivity index (χ3n) is 3.55. The zero-order chi connectivity index (χ0) is 23.3. The molecule has 11 heteroatoms. The van der Waals surface area contributed by atoms with Crippen molar-refractivity contribution in [3.05, 3.63) is 28.2 Å². The van der Waals surface area contributed by atoms with Gasteiger partial charge in [0.15, 0.2) is 0 Å². The van der Waals surface area contributed by atoms with Crippen molar-refractivity contribution in [2.75, 3.05) is 40.3 Å². The Balaban J connectivity index is 0.00000122. The maximum atomic E-state index is 12.2. The molecule has 9 nitrogen and oxygen atoms in total. The van der Waals surface area contributed by atoms with Crippen LogP contribution in [0.25, 0.3) is 0 Å². The van der Waals surface area contributed by atoms with Crippen LogP contribution >= 0.6 is 23.2 Å². The molecule has 0 saturated heterocycles. The fourth-order valence-corrected chi connectivity index (χ4v) is 2.63. The van der Waals surface area contributed by atoms with E-state index in [0.717, 1.165) is 13.0 Å². The van der Waals surface area contributed by atoms with Crippen LogP contribution in [0.1, 0.15) is 20.3 Å². The molecule has 0 bridgehead atoms. The number of halogens is 2. The Kier molecular flexibility index (Phi) is 13.6. The summed E-state index contributed by atoms with van der Waals surface area (Å²) >= 11 is 11.9. The van der Waals surface area contributed by atoms with E-state index >= 15 is 0 Å². The van der Waals surface area contributed by atoms with Crippen molar-refractivity contribution in [1.82, 2.24) is 15.1 Å². The van der Waals surface area contributed by atoms with Crippen LogP contribution in [-0.2, 0) is 9.59 Å². The Morgan fingerprint density at radius 1 is 1.03 bits per heavy atom. The number of amides is 2. The first-order valence-corrected chi connectivity index (χ1v) is 9.94. The number of hydrogen-bond acceptors (Lipinski definition) is 5. The van der Waals surface area contributed by atoms with Crippen LogP contribution in [0.2, 0.25) is 10.0 Å². The lowest BCUT2D eigenvalue weighted by Crippen LogP contribution is -2.46. The molecule has 2 amide bonds. The smallest absolute Gasteiger partial charge is 0.414 e. The summed E-state index contributed by atoms with van der Waals surface area (Å²) in [5.74, 6) is -3.01. The summed E-state index contributed by atoms with van der Waals surface area (Å²) in [4.78, 5) is 34.3. The lowest BCUT2D eigenvalue weighted by Gasteiger charge is -2.27. The molecule has 1 rings (SSSR count). The molecule has 30 heavy (non-hydrogen) atoms. The Morgan fingerprint density at radius 2 is 1.57 bits per heavy atom. The van der Waals surface area contributed by atoms with E-state index in [1.54, 1.807) is 18.2 Å². The first-order valence-electron chi connectivity index (χ1n) is 9.18. The lowest BCUT2D eigenvalue weighted by molar-refractivity contribution is -0.159. The molecular formula is C19H29Cl2N3O6. The predicted molar refractivity (Wildman–Crippen MR) is 116 cm³/mol. The zero-order valence-electron chi connectivity index (χ0n) is 17.5. The van der Waals surface area contributed by atoms with Gasteiger partial charge in [-0.1, -0.05) is 23.2 Å². The van der Waals surface area contributed by atoms with E-state index in [1.165, 1.54) is 0 Å². The minimum atomic E-state index is -1.82. The van der Waals surface area contributed by atoms with E-state index in [2.05, 4.69) is 5.32 Å². The molecule has 0 spiro atoms. The van der Waals surface area contributed by atoms with E-state index < -0.39 is 11.9 Å². The molecule has 0 fully saturated rings. The molecule has 1 aromatic rings. The Morgan fingerprint density at radius 3 is 2.00 bits per heavy atom. The van der Waals surface area contributed by atoms with Gasteiger partial charge in [0.25, 0.3) is 0 Å². The quantitative estimate of drug-likeness (QED) is 0.378. The van der Waals surface area contributed by atoms with Gasteiger partial charge in [-0.25, -0.2) is 14.4 Å². The van der Waals surface area contributed by atoms with Crippen LogP contribution in [0.4, 0.5) is 4.79 Å². The van der Waals surface area contributed by atoms with Gasteiger partial charge in [0.1, 0.15) is 5.75 Å². The standard InChI is InChI=1S/C17H27Cl2N3O2.C2H2O4/c1-13(2)22(17(23)20-6-8-21(3)4)7-5-9-24-16-11-14(18)10-15(19)12-16;3-1(4)2(5)6/h10-13H,5-9H2,1-4H3,(H,20,23);(H,3,4)(H,5,6). The second-order valence-electron chi connectivity index (χ2n) is 6.74. The number of nitrogens with zero attached hydrogens (tertiary/aromatic N) is 2. The summed E-state index contributed by atoms with van der Waals surface area (Å²) in [6.07, 6.45) is 0.726. The fraction of sp³-hybridized carbons (Fsp3) is 0.526. The summed E-state index contributed by atoms with van der Waals surface area (Å²) in [7, 11) is 3.96. The maximum Gasteiger partial charge on any atom is 0.414 e. The van der Waals surface area contributed by atoms with Gasteiger partial charge in [0, 0.05) is 35.7 Å². The number of nitrogens with one attached hydrogen (secondary N) is 1. The van der Waals surface area contributed by atoms with Crippen LogP contribution in [0.3, 0.4) is 0 Å². The van der Waals surface area contributed by atoms with Gasteiger partial charge in [-0.3, -0.25) is 0 Å². The number of carbonyl (C=O) groups is 3. The third-order valence-corrected chi connectivity index (χ3v) is 3.99. The molecule has 0 aliphatic carbocycles. The van der Waals surface area contributed by atoms with Crippen molar-refractivity contribution in [2.24, 2.45) is 0 Å². The average Bonchev–Trinajstić information content (AvgIpc) is 2.60. The number of benzene rings is 1. The average molecular weight is 466 g/mol. The van der Waals surface area contributed by atoms with Gasteiger partial charge in [-0.15, -0.1) is 0 Å². The van der Waals surface area contributed by atoms with Crippen molar-refractivity contribution >= 4 is 41.2 Å². The van der Waals surface area contributed by atoms with Gasteiger partial charge < -0.3 is 30.1 Å². The molecule has 0 unspecified atom stereocenters. The van der Waals surface area contributed by atoms with Crippen molar-refractivity contribution in [2.45, 2.75) is 26.3 Å². The van der Waals surface area contributed by atoms with E-state index in [1.807, 2.05) is 37.7 Å². The third kappa shape index (κ3) is 13.1. The number of likely N-dealkylation sites (N-methyl/N-ethyl adjacent to an activating group) is 1. The number of carboxylic acids is 2. The monoisotopic (exact) mass is 465 g/mol. The molecule has 0 radical (unpaired) electrons. The highest BCUT2D eigenvalue weighted by atomic mass is 35.5. The van der Waals surface area contributed by atoms with Crippen LogP contribution in [0.15, 0.2) is 18.2 Å². The van der Waals surface area contributed by atoms with Crippen molar-refractivity contribution in [3.8, 4) is 5.75 Å². The number of aliphatic carboxylic acids is 2. The molecule has 1 aromatic carbocycles. The fourth-order valence-electron chi connectivity index (χ4n) is 2.12. The summed E-state index contributed by atoms with van der Waals surface area (Å²) in [5, 5.41) is 18.8. The molecule has 3 N–H and O–H groups in total. The van der Waals surface area contributed by atoms with Crippen LogP contribution in [-0.4, -0.2) is 84.4 Å². The van der Waals surface area contributed by atoms with E-state index in [-0.39, 0.29) is 12.1 Å². The second kappa shape index (κ2) is 14.7. The normalized spacial score (nSPS) is 10.3. The van der Waals surface area contributed by atoms with Gasteiger partial charge in [0.2, 0.25) is 0 Å². The molecule has 0 heterocycles. The lowest BCUT2D eigenvalue weighted by atomic mass is 10.3. The highest BCUT2D eigenvalue weighted by molar-refractivity contribution is 6.34. The second-order valence-corrected chi connectivity index (χ2v) is 7.61. The Hall–Kier alpha value is -2.23. The maximum absolute atomic E-state index is 12.2. The Labute approximate surface area is 186 Å². The van der Waals surface area contributed by atoms with E-state index in [4.69, 9.17) is 47.7 Å². The zero-order valence-corrected chi connectivity index (χ0v) is 19.0. The summed E-state index contributed by atoms with van der Waals surface area (Å²) in [5.41, 5.74) is 0. The van der Waals surface area contributed by atoms with E-state index in [0.29, 0.717) is 35.5 Å². The molecule has 170 valence electrons. The topological polar surface area (TPSA) is 119 Å². The number of carboxylic acid groups (broad SMARTS) is 2. The Bertz CT molecular complexity index is 669. The first kappa shape index (κ1) is 27.8. The largest absolute Gasteiger partial charge is 0.493 e. The SMILES string of the molecule is CC(C)N(CCCOc1cc(Cl)cc(Cl)c1)C(=O)NCCN(C)C.O=C(O)C(=O)O. The van der Waals surface area contributed by atoms with Gasteiger partial charge in [0.05, 0.1) is 6.61 Å². The van der Waals surface area contributed by atoms with Crippen molar-refractivity contribution in [3.63, 3.8) is 0 Å². The first-order chi connectivity index (χ1) is 13.9. The van der Waals surface area contributed by atoms with Crippen molar-refractivity contribution in [1.29, 1.82) is 0 Å². The van der Waals surface area contributed by atoms with Crippen LogP contribution in [0.5, 0.6) is 5.75 Å². The van der Waals surface area contributed by atoms with Gasteiger partial charge in [-0.2, -0.15) is 0 Å². The summed E-state index contributed by atoms with van der Waals surface area (Å²) < 4.78 is 5.66. The van der Waals surface area contributed by atoms with Crippen molar-refractivity contribution < 1.29 is 29.3 Å². The number of ether oxygens (including phenoxy) is 1. The number of urea groups is 1. The predicted octanol–water partition coefficient (Wildman–Crippen LogP) is 2.90.